The molecule has 8 heteroatoms. The normalized spacial score (nSPS) is 15.3. The third kappa shape index (κ3) is 7.20. The van der Waals surface area contributed by atoms with Crippen molar-refractivity contribution in [3.05, 3.63) is 54.6 Å². The smallest absolute Gasteiger partial charge is 0.414 e. The van der Waals surface area contributed by atoms with Crippen LogP contribution in [-0.2, 0) is 14.4 Å². The van der Waals surface area contributed by atoms with Gasteiger partial charge in [0.05, 0.1) is 6.04 Å². The van der Waals surface area contributed by atoms with E-state index in [0.717, 1.165) is 49.5 Å². The van der Waals surface area contributed by atoms with Crippen LogP contribution in [0.1, 0.15) is 13.8 Å². The van der Waals surface area contributed by atoms with Crippen molar-refractivity contribution in [3.63, 3.8) is 0 Å². The van der Waals surface area contributed by atoms with Gasteiger partial charge >= 0.3 is 11.9 Å². The quantitative estimate of drug-likeness (QED) is 0.629. The summed E-state index contributed by atoms with van der Waals surface area (Å²) in [6.07, 6.45) is 0. The van der Waals surface area contributed by atoms with Gasteiger partial charge in [-0.3, -0.25) is 9.69 Å². The molecule has 1 fully saturated rings. The van der Waals surface area contributed by atoms with E-state index in [-0.39, 0.29) is 11.9 Å². The molecule has 0 spiro atoms. The van der Waals surface area contributed by atoms with Crippen LogP contribution in [0.2, 0.25) is 0 Å². The molecule has 0 aromatic heterocycles. The number of hydrogen-bond acceptors (Lipinski definition) is 5. The molecule has 8 nitrogen and oxygen atoms in total. The van der Waals surface area contributed by atoms with Crippen LogP contribution in [0.5, 0.6) is 0 Å². The maximum Gasteiger partial charge on any atom is 0.414 e. The van der Waals surface area contributed by atoms with E-state index < -0.39 is 11.9 Å². The number of carboxylic acid groups (broad SMARTS) is 2. The Kier molecular flexibility index (Phi) is 9.17. The van der Waals surface area contributed by atoms with Crippen LogP contribution in [0, 0.1) is 0 Å². The van der Waals surface area contributed by atoms with E-state index in [1.807, 2.05) is 43.3 Å². The molecule has 0 saturated carbocycles. The number of amides is 1. The topological polar surface area (TPSA) is 110 Å². The Morgan fingerprint density at radius 2 is 1.45 bits per heavy atom. The number of anilines is 1. The second-order valence-electron chi connectivity index (χ2n) is 7.16. The maximum absolute atomic E-state index is 12.8. The van der Waals surface area contributed by atoms with Gasteiger partial charge in [0.2, 0.25) is 5.91 Å². The SMILES string of the molecule is CCN1CCN(C(C)C(=O)Nc2ccccc2-c2ccccc2)CC1.O=C(O)C(=O)O. The van der Waals surface area contributed by atoms with Crippen LogP contribution in [-0.4, -0.2) is 76.6 Å². The van der Waals surface area contributed by atoms with E-state index in [1.54, 1.807) is 0 Å². The number of carbonyl (C=O) groups is 3. The molecule has 1 atom stereocenters. The average molecular weight is 428 g/mol. The lowest BCUT2D eigenvalue weighted by Gasteiger charge is -2.37. The highest BCUT2D eigenvalue weighted by molar-refractivity contribution is 6.27. The fraction of sp³-hybridized carbons (Fsp3) is 0.348. The molecule has 0 bridgehead atoms. The summed E-state index contributed by atoms with van der Waals surface area (Å²) in [5, 5.41) is 17.9. The number of nitrogens with zero attached hydrogens (tertiary/aromatic N) is 2. The molecule has 3 rings (SSSR count). The van der Waals surface area contributed by atoms with Crippen LogP contribution in [0.25, 0.3) is 11.1 Å². The molecule has 166 valence electrons. The number of piperazine rings is 1. The van der Waals surface area contributed by atoms with E-state index in [9.17, 15) is 4.79 Å². The Morgan fingerprint density at radius 1 is 0.903 bits per heavy atom. The molecule has 3 N–H and O–H groups in total. The van der Waals surface area contributed by atoms with E-state index in [1.165, 1.54) is 0 Å². The van der Waals surface area contributed by atoms with Gasteiger partial charge in [0.25, 0.3) is 0 Å². The number of carboxylic acids is 2. The van der Waals surface area contributed by atoms with E-state index in [4.69, 9.17) is 19.8 Å². The fourth-order valence-electron chi connectivity index (χ4n) is 3.33. The van der Waals surface area contributed by atoms with E-state index in [2.05, 4.69) is 40.2 Å². The predicted molar refractivity (Wildman–Crippen MR) is 119 cm³/mol. The van der Waals surface area contributed by atoms with Crippen molar-refractivity contribution in [2.45, 2.75) is 19.9 Å². The summed E-state index contributed by atoms with van der Waals surface area (Å²) in [5.41, 5.74) is 3.04. The fourth-order valence-corrected chi connectivity index (χ4v) is 3.33. The van der Waals surface area contributed by atoms with Crippen molar-refractivity contribution in [2.75, 3.05) is 38.0 Å². The van der Waals surface area contributed by atoms with Crippen molar-refractivity contribution in [1.82, 2.24) is 9.80 Å². The zero-order chi connectivity index (χ0) is 22.8. The van der Waals surface area contributed by atoms with E-state index >= 15 is 0 Å². The molecular formula is C23H29N3O5. The Morgan fingerprint density at radius 3 is 2.00 bits per heavy atom. The molecule has 0 aliphatic carbocycles. The number of carbonyl (C=O) groups excluding carboxylic acids is 1. The molecule has 1 saturated heterocycles. The van der Waals surface area contributed by atoms with Gasteiger partial charge in [0, 0.05) is 37.4 Å². The lowest BCUT2D eigenvalue weighted by molar-refractivity contribution is -0.159. The van der Waals surface area contributed by atoms with Gasteiger partial charge in [-0.05, 0) is 25.1 Å². The van der Waals surface area contributed by atoms with Gasteiger partial charge in [0.15, 0.2) is 0 Å². The summed E-state index contributed by atoms with van der Waals surface area (Å²) in [5.74, 6) is -3.58. The first-order valence-electron chi connectivity index (χ1n) is 10.2. The lowest BCUT2D eigenvalue weighted by atomic mass is 10.0. The van der Waals surface area contributed by atoms with Crippen LogP contribution >= 0.6 is 0 Å². The summed E-state index contributed by atoms with van der Waals surface area (Å²) in [7, 11) is 0. The molecule has 1 aliphatic rings. The van der Waals surface area contributed by atoms with Crippen molar-refractivity contribution >= 4 is 23.5 Å². The minimum atomic E-state index is -1.82. The third-order valence-corrected chi connectivity index (χ3v) is 5.23. The lowest BCUT2D eigenvalue weighted by Crippen LogP contribution is -2.52. The minimum absolute atomic E-state index is 0.0633. The van der Waals surface area contributed by atoms with Gasteiger partial charge < -0.3 is 20.4 Å². The Bertz CT molecular complexity index is 868. The highest BCUT2D eigenvalue weighted by atomic mass is 16.4. The largest absolute Gasteiger partial charge is 0.473 e. The summed E-state index contributed by atoms with van der Waals surface area (Å²) < 4.78 is 0. The molecule has 1 heterocycles. The summed E-state index contributed by atoms with van der Waals surface area (Å²) in [6, 6.07) is 18.0. The molecule has 1 unspecified atom stereocenters. The number of benzene rings is 2. The van der Waals surface area contributed by atoms with Gasteiger partial charge in [0.1, 0.15) is 0 Å². The molecule has 2 aromatic rings. The second kappa shape index (κ2) is 11.8. The molecule has 1 amide bonds. The average Bonchev–Trinajstić information content (AvgIpc) is 2.80. The molecular weight excluding hydrogens is 398 g/mol. The van der Waals surface area contributed by atoms with Crippen molar-refractivity contribution in [1.29, 1.82) is 0 Å². The molecule has 0 radical (unpaired) electrons. The Labute approximate surface area is 182 Å². The first-order valence-corrected chi connectivity index (χ1v) is 10.2. The monoisotopic (exact) mass is 427 g/mol. The van der Waals surface area contributed by atoms with Gasteiger partial charge in [-0.25, -0.2) is 9.59 Å². The van der Waals surface area contributed by atoms with Gasteiger partial charge in [-0.2, -0.15) is 0 Å². The highest BCUT2D eigenvalue weighted by Crippen LogP contribution is 2.27. The van der Waals surface area contributed by atoms with E-state index in [0.29, 0.717) is 0 Å². The Hall–Kier alpha value is -3.23. The minimum Gasteiger partial charge on any atom is -0.473 e. The third-order valence-electron chi connectivity index (χ3n) is 5.23. The predicted octanol–water partition coefficient (Wildman–Crippen LogP) is 2.47. The van der Waals surface area contributed by atoms with Crippen LogP contribution in [0.15, 0.2) is 54.6 Å². The zero-order valence-electron chi connectivity index (χ0n) is 17.8. The van der Waals surface area contributed by atoms with Crippen molar-refractivity contribution < 1.29 is 24.6 Å². The zero-order valence-corrected chi connectivity index (χ0v) is 17.8. The first kappa shape index (κ1) is 24.0. The summed E-state index contributed by atoms with van der Waals surface area (Å²) in [4.78, 5) is 35.7. The first-order chi connectivity index (χ1) is 14.8. The molecule has 31 heavy (non-hydrogen) atoms. The highest BCUT2D eigenvalue weighted by Gasteiger charge is 2.25. The van der Waals surface area contributed by atoms with Crippen LogP contribution in [0.4, 0.5) is 5.69 Å². The van der Waals surface area contributed by atoms with Crippen molar-refractivity contribution in [2.24, 2.45) is 0 Å². The Balaban J connectivity index is 0.000000501. The maximum atomic E-state index is 12.8. The summed E-state index contributed by atoms with van der Waals surface area (Å²) >= 11 is 0. The number of para-hydroxylation sites is 1. The van der Waals surface area contributed by atoms with Crippen molar-refractivity contribution in [3.8, 4) is 11.1 Å². The number of aliphatic carboxylic acids is 2. The second-order valence-corrected chi connectivity index (χ2v) is 7.16. The number of nitrogens with one attached hydrogen (secondary N) is 1. The number of likely N-dealkylation sites (N-methyl/N-ethyl adjacent to an activating group) is 1. The van der Waals surface area contributed by atoms with Crippen LogP contribution in [0.3, 0.4) is 0 Å². The van der Waals surface area contributed by atoms with Crippen LogP contribution < -0.4 is 5.32 Å². The molecule has 1 aliphatic heterocycles. The van der Waals surface area contributed by atoms with Gasteiger partial charge in [-0.1, -0.05) is 55.5 Å². The molecule has 2 aromatic carbocycles. The summed E-state index contributed by atoms with van der Waals surface area (Å²) in [6.45, 7) is 9.24. The number of hydrogen-bond donors (Lipinski definition) is 3. The number of rotatable bonds is 5. The van der Waals surface area contributed by atoms with Gasteiger partial charge in [-0.15, -0.1) is 0 Å². The standard InChI is InChI=1S/C21H27N3O.C2H2O4/c1-3-23-13-15-24(16-14-23)17(2)21(25)22-20-12-8-7-11-19(20)18-9-5-4-6-10-18;3-1(4)2(5)6/h4-12,17H,3,13-16H2,1-2H3,(H,22,25);(H,3,4)(H,5,6).